The van der Waals surface area contributed by atoms with E-state index in [0.29, 0.717) is 24.3 Å². The lowest BCUT2D eigenvalue weighted by atomic mass is 10.0. The molecule has 0 bridgehead atoms. The van der Waals surface area contributed by atoms with E-state index in [1.165, 1.54) is 4.31 Å². The fourth-order valence-corrected chi connectivity index (χ4v) is 4.26. The van der Waals surface area contributed by atoms with Crippen molar-refractivity contribution in [2.75, 3.05) is 28.5 Å². The predicted octanol–water partition coefficient (Wildman–Crippen LogP) is 1.94. The number of nitrogens with zero attached hydrogens (tertiary/aromatic N) is 1. The van der Waals surface area contributed by atoms with Gasteiger partial charge in [0.2, 0.25) is 15.9 Å². The first-order chi connectivity index (χ1) is 12.2. The second-order valence-electron chi connectivity index (χ2n) is 6.36. The van der Waals surface area contributed by atoms with Crippen molar-refractivity contribution >= 4 is 33.4 Å². The molecule has 1 atom stereocenters. The standard InChI is InChI=1S/C17H25N3O5S/c1-4-25-17(22)19-15(12(2)3)16(21)18-13-6-8-14(9-7-13)20-10-5-11-26(20,23)24/h6-9,12,15H,4-5,10-11H2,1-3H3,(H,18,21)(H,19,22). The minimum atomic E-state index is -3.24. The van der Waals surface area contributed by atoms with Crippen LogP contribution in [0.15, 0.2) is 24.3 Å². The van der Waals surface area contributed by atoms with Gasteiger partial charge in [0.15, 0.2) is 0 Å². The Balaban J connectivity index is 2.04. The third-order valence-corrected chi connectivity index (χ3v) is 5.89. The second-order valence-corrected chi connectivity index (χ2v) is 8.38. The molecule has 0 aliphatic carbocycles. The number of alkyl carbamates (subject to hydrolysis) is 1. The fraction of sp³-hybridized carbons (Fsp3) is 0.529. The van der Waals surface area contributed by atoms with Gasteiger partial charge in [-0.15, -0.1) is 0 Å². The lowest BCUT2D eigenvalue weighted by Crippen LogP contribution is -2.47. The van der Waals surface area contributed by atoms with Crippen LogP contribution in [0.5, 0.6) is 0 Å². The van der Waals surface area contributed by atoms with E-state index in [2.05, 4.69) is 10.6 Å². The van der Waals surface area contributed by atoms with E-state index in [0.717, 1.165) is 0 Å². The van der Waals surface area contributed by atoms with Crippen LogP contribution in [-0.4, -0.2) is 45.4 Å². The SMILES string of the molecule is CCOC(=O)NC(C(=O)Nc1ccc(N2CCCS2(=O)=O)cc1)C(C)C. The highest BCUT2D eigenvalue weighted by Gasteiger charge is 2.28. The Labute approximate surface area is 153 Å². The van der Waals surface area contributed by atoms with Gasteiger partial charge >= 0.3 is 6.09 Å². The normalized spacial score (nSPS) is 17.0. The summed E-state index contributed by atoms with van der Waals surface area (Å²) in [7, 11) is -3.24. The van der Waals surface area contributed by atoms with Crippen LogP contribution >= 0.6 is 0 Å². The Morgan fingerprint density at radius 3 is 2.38 bits per heavy atom. The summed E-state index contributed by atoms with van der Waals surface area (Å²) in [6.45, 7) is 6.01. The molecule has 0 radical (unpaired) electrons. The highest BCUT2D eigenvalue weighted by molar-refractivity contribution is 7.93. The number of carbonyl (C=O) groups is 2. The molecule has 9 heteroatoms. The van der Waals surface area contributed by atoms with E-state index in [1.807, 2.05) is 13.8 Å². The minimum Gasteiger partial charge on any atom is -0.450 e. The number of sulfonamides is 1. The zero-order valence-electron chi connectivity index (χ0n) is 15.2. The van der Waals surface area contributed by atoms with E-state index in [9.17, 15) is 18.0 Å². The highest BCUT2D eigenvalue weighted by atomic mass is 32.2. The highest BCUT2D eigenvalue weighted by Crippen LogP contribution is 2.25. The molecule has 1 heterocycles. The molecule has 2 rings (SSSR count). The lowest BCUT2D eigenvalue weighted by Gasteiger charge is -2.21. The van der Waals surface area contributed by atoms with Gasteiger partial charge in [-0.3, -0.25) is 9.10 Å². The van der Waals surface area contributed by atoms with Crippen molar-refractivity contribution in [3.8, 4) is 0 Å². The van der Waals surface area contributed by atoms with E-state index in [-0.39, 0.29) is 24.2 Å². The molecule has 1 aromatic rings. The largest absolute Gasteiger partial charge is 0.450 e. The molecule has 0 spiro atoms. The fourth-order valence-electron chi connectivity index (χ4n) is 2.70. The molecule has 8 nitrogen and oxygen atoms in total. The number of hydrogen-bond acceptors (Lipinski definition) is 5. The van der Waals surface area contributed by atoms with Gasteiger partial charge in [-0.2, -0.15) is 0 Å². The first-order valence-electron chi connectivity index (χ1n) is 8.59. The third kappa shape index (κ3) is 4.87. The lowest BCUT2D eigenvalue weighted by molar-refractivity contribution is -0.119. The van der Waals surface area contributed by atoms with Crippen LogP contribution in [0, 0.1) is 5.92 Å². The number of anilines is 2. The molecule has 1 saturated heterocycles. The summed E-state index contributed by atoms with van der Waals surface area (Å²) in [5.74, 6) is -0.343. The van der Waals surface area contributed by atoms with E-state index in [1.54, 1.807) is 31.2 Å². The molecular formula is C17H25N3O5S. The second kappa shape index (κ2) is 8.39. The zero-order chi connectivity index (χ0) is 19.3. The number of hydrogen-bond donors (Lipinski definition) is 2. The third-order valence-electron chi connectivity index (χ3n) is 4.02. The molecule has 1 unspecified atom stereocenters. The molecule has 0 saturated carbocycles. The van der Waals surface area contributed by atoms with Crippen LogP contribution in [0.3, 0.4) is 0 Å². The number of rotatable bonds is 6. The van der Waals surface area contributed by atoms with Crippen molar-refractivity contribution in [2.45, 2.75) is 33.2 Å². The van der Waals surface area contributed by atoms with Crippen LogP contribution in [0.2, 0.25) is 0 Å². The van der Waals surface area contributed by atoms with Crippen molar-refractivity contribution in [1.29, 1.82) is 0 Å². The summed E-state index contributed by atoms with van der Waals surface area (Å²) < 4.78 is 30.1. The molecule has 26 heavy (non-hydrogen) atoms. The molecule has 2 amide bonds. The van der Waals surface area contributed by atoms with Gasteiger partial charge in [0, 0.05) is 12.2 Å². The molecule has 144 valence electrons. The number of amides is 2. The Morgan fingerprint density at radius 2 is 1.88 bits per heavy atom. The quantitative estimate of drug-likeness (QED) is 0.781. The van der Waals surface area contributed by atoms with Crippen LogP contribution in [0.1, 0.15) is 27.2 Å². The number of ether oxygens (including phenoxy) is 1. The van der Waals surface area contributed by atoms with Crippen molar-refractivity contribution in [1.82, 2.24) is 5.32 Å². The summed E-state index contributed by atoms with van der Waals surface area (Å²) in [6, 6.07) is 5.85. The smallest absolute Gasteiger partial charge is 0.407 e. The van der Waals surface area contributed by atoms with E-state index in [4.69, 9.17) is 4.74 Å². The maximum absolute atomic E-state index is 12.5. The number of nitrogens with one attached hydrogen (secondary N) is 2. The summed E-state index contributed by atoms with van der Waals surface area (Å²) in [5, 5.41) is 5.28. The first kappa shape index (κ1) is 20.0. The van der Waals surface area contributed by atoms with Gasteiger partial charge < -0.3 is 15.4 Å². The van der Waals surface area contributed by atoms with Crippen LogP contribution in [0.4, 0.5) is 16.2 Å². The van der Waals surface area contributed by atoms with Crippen LogP contribution in [-0.2, 0) is 19.6 Å². The van der Waals surface area contributed by atoms with Crippen LogP contribution in [0.25, 0.3) is 0 Å². The Morgan fingerprint density at radius 1 is 1.23 bits per heavy atom. The van der Waals surface area contributed by atoms with Crippen molar-refractivity contribution in [3.05, 3.63) is 24.3 Å². The molecule has 1 aliphatic rings. The Kier molecular flexibility index (Phi) is 6.47. The first-order valence-corrected chi connectivity index (χ1v) is 10.2. The van der Waals surface area contributed by atoms with Crippen molar-refractivity contribution in [2.24, 2.45) is 5.92 Å². The van der Waals surface area contributed by atoms with E-state index >= 15 is 0 Å². The van der Waals surface area contributed by atoms with Gasteiger partial charge in [-0.1, -0.05) is 13.8 Å². The molecule has 0 aromatic heterocycles. The predicted molar refractivity (Wildman–Crippen MR) is 99.6 cm³/mol. The summed E-state index contributed by atoms with van der Waals surface area (Å²) in [4.78, 5) is 24.0. The van der Waals surface area contributed by atoms with Crippen LogP contribution < -0.4 is 14.9 Å². The zero-order valence-corrected chi connectivity index (χ0v) is 16.0. The minimum absolute atomic E-state index is 0.131. The summed E-state index contributed by atoms with van der Waals surface area (Å²) in [6.07, 6.45) is -0.0351. The molecule has 1 aromatic carbocycles. The average Bonchev–Trinajstić information content (AvgIpc) is 2.92. The molecular weight excluding hydrogens is 358 g/mol. The average molecular weight is 383 g/mol. The maximum Gasteiger partial charge on any atom is 0.407 e. The summed E-state index contributed by atoms with van der Waals surface area (Å²) >= 11 is 0. The topological polar surface area (TPSA) is 105 Å². The van der Waals surface area contributed by atoms with Gasteiger partial charge in [-0.05, 0) is 43.5 Å². The molecule has 1 aliphatic heterocycles. The Hall–Kier alpha value is -2.29. The van der Waals surface area contributed by atoms with Gasteiger partial charge in [-0.25, -0.2) is 13.2 Å². The molecule has 2 N–H and O–H groups in total. The summed E-state index contributed by atoms with van der Waals surface area (Å²) in [5.41, 5.74) is 1.09. The van der Waals surface area contributed by atoms with Crippen molar-refractivity contribution in [3.63, 3.8) is 0 Å². The number of benzene rings is 1. The maximum atomic E-state index is 12.5. The van der Waals surface area contributed by atoms with Crippen molar-refractivity contribution < 1.29 is 22.7 Å². The number of carbonyl (C=O) groups excluding carboxylic acids is 2. The van der Waals surface area contributed by atoms with Gasteiger partial charge in [0.25, 0.3) is 0 Å². The monoisotopic (exact) mass is 383 g/mol. The Bertz CT molecular complexity index is 746. The van der Waals surface area contributed by atoms with Gasteiger partial charge in [0.1, 0.15) is 6.04 Å². The molecule has 1 fully saturated rings. The van der Waals surface area contributed by atoms with Gasteiger partial charge in [0.05, 0.1) is 18.0 Å². The van der Waals surface area contributed by atoms with E-state index < -0.39 is 22.2 Å².